The van der Waals surface area contributed by atoms with Crippen LogP contribution in [0.4, 0.5) is 0 Å². The largest absolute Gasteiger partial charge is 0.336 e. The van der Waals surface area contributed by atoms with E-state index in [9.17, 15) is 4.79 Å². The summed E-state index contributed by atoms with van der Waals surface area (Å²) in [6, 6.07) is 0.643. The topological polar surface area (TPSA) is 46.3 Å². The van der Waals surface area contributed by atoms with Gasteiger partial charge in [-0.2, -0.15) is 0 Å². The monoisotopic (exact) mass is 212 g/mol. The van der Waals surface area contributed by atoms with Gasteiger partial charge in [0.1, 0.15) is 0 Å². The predicted octanol–water partition coefficient (Wildman–Crippen LogP) is 1.76. The highest BCUT2D eigenvalue weighted by molar-refractivity contribution is 5.79. The summed E-state index contributed by atoms with van der Waals surface area (Å²) >= 11 is 0. The van der Waals surface area contributed by atoms with Crippen LogP contribution in [-0.4, -0.2) is 29.4 Å². The normalized spacial score (nSPS) is 28.9. The summed E-state index contributed by atoms with van der Waals surface area (Å²) < 4.78 is 0. The third kappa shape index (κ3) is 2.71. The average molecular weight is 212 g/mol. The Kier molecular flexibility index (Phi) is 4.58. The summed E-state index contributed by atoms with van der Waals surface area (Å²) in [6.07, 6.45) is 4.31. The van der Waals surface area contributed by atoms with Gasteiger partial charge in [-0.15, -0.1) is 0 Å². The van der Waals surface area contributed by atoms with Crippen LogP contribution in [0.5, 0.6) is 0 Å². The Labute approximate surface area is 93.0 Å². The molecule has 0 aromatic carbocycles. The Morgan fingerprint density at radius 3 is 2.73 bits per heavy atom. The number of rotatable bonds is 3. The van der Waals surface area contributed by atoms with Gasteiger partial charge in [-0.3, -0.25) is 4.79 Å². The first kappa shape index (κ1) is 12.5. The Balaban J connectivity index is 2.73. The smallest absolute Gasteiger partial charge is 0.225 e. The molecular formula is C12H24N2O. The SMILES string of the molecule is CCC(C)C(=O)N1C(C)CCCC1CN. The molecule has 3 unspecified atom stereocenters. The van der Waals surface area contributed by atoms with Gasteiger partial charge in [0.15, 0.2) is 0 Å². The van der Waals surface area contributed by atoms with Crippen molar-refractivity contribution in [2.75, 3.05) is 6.54 Å². The Bertz CT molecular complexity index is 218. The molecule has 0 aromatic rings. The van der Waals surface area contributed by atoms with E-state index in [1.54, 1.807) is 0 Å². The maximum absolute atomic E-state index is 12.2. The standard InChI is InChI=1S/C12H24N2O/c1-4-9(2)12(15)14-10(3)6-5-7-11(14)8-13/h9-11H,4-8,13H2,1-3H3. The summed E-state index contributed by atoms with van der Waals surface area (Å²) in [5.74, 6) is 0.430. The number of nitrogens with two attached hydrogens (primary N) is 1. The molecule has 3 atom stereocenters. The minimum Gasteiger partial charge on any atom is -0.336 e. The molecule has 1 rings (SSSR count). The fraction of sp³-hybridized carbons (Fsp3) is 0.917. The van der Waals surface area contributed by atoms with Crippen molar-refractivity contribution in [2.24, 2.45) is 11.7 Å². The minimum atomic E-state index is 0.139. The molecule has 1 aliphatic heterocycles. The highest BCUT2D eigenvalue weighted by atomic mass is 16.2. The molecule has 3 nitrogen and oxygen atoms in total. The van der Waals surface area contributed by atoms with Gasteiger partial charge in [-0.25, -0.2) is 0 Å². The fourth-order valence-corrected chi connectivity index (χ4v) is 2.34. The molecule has 0 aliphatic carbocycles. The molecule has 88 valence electrons. The molecule has 1 fully saturated rings. The lowest BCUT2D eigenvalue weighted by molar-refractivity contribution is -0.141. The minimum absolute atomic E-state index is 0.139. The molecule has 1 aliphatic rings. The predicted molar refractivity (Wildman–Crippen MR) is 62.5 cm³/mol. The van der Waals surface area contributed by atoms with Crippen molar-refractivity contribution in [3.8, 4) is 0 Å². The van der Waals surface area contributed by atoms with Crippen LogP contribution >= 0.6 is 0 Å². The van der Waals surface area contributed by atoms with Gasteiger partial charge in [-0.1, -0.05) is 13.8 Å². The molecule has 1 amide bonds. The third-order valence-corrected chi connectivity index (χ3v) is 3.59. The number of amides is 1. The van der Waals surface area contributed by atoms with Crippen molar-refractivity contribution in [1.82, 2.24) is 4.90 Å². The van der Waals surface area contributed by atoms with Gasteiger partial charge >= 0.3 is 0 Å². The number of likely N-dealkylation sites (tertiary alicyclic amines) is 1. The Morgan fingerprint density at radius 2 is 2.20 bits per heavy atom. The van der Waals surface area contributed by atoms with Crippen LogP contribution in [-0.2, 0) is 4.79 Å². The van der Waals surface area contributed by atoms with Crippen molar-refractivity contribution in [1.29, 1.82) is 0 Å². The quantitative estimate of drug-likeness (QED) is 0.775. The summed E-state index contributed by atoms with van der Waals surface area (Å²) in [5, 5.41) is 0. The molecule has 2 N–H and O–H groups in total. The summed E-state index contributed by atoms with van der Waals surface area (Å²) in [5.41, 5.74) is 5.74. The van der Waals surface area contributed by atoms with Crippen LogP contribution in [0.3, 0.4) is 0 Å². The lowest BCUT2D eigenvalue weighted by Gasteiger charge is -2.41. The maximum Gasteiger partial charge on any atom is 0.225 e. The van der Waals surface area contributed by atoms with Crippen LogP contribution in [0.15, 0.2) is 0 Å². The van der Waals surface area contributed by atoms with E-state index in [2.05, 4.69) is 13.8 Å². The molecule has 0 saturated carbocycles. The van der Waals surface area contributed by atoms with Crippen LogP contribution in [0.2, 0.25) is 0 Å². The van der Waals surface area contributed by atoms with E-state index in [1.807, 2.05) is 11.8 Å². The molecule has 1 heterocycles. The number of carbonyl (C=O) groups is 1. The zero-order valence-electron chi connectivity index (χ0n) is 10.2. The Morgan fingerprint density at radius 1 is 1.53 bits per heavy atom. The molecule has 15 heavy (non-hydrogen) atoms. The zero-order chi connectivity index (χ0) is 11.4. The van der Waals surface area contributed by atoms with Crippen LogP contribution in [0.25, 0.3) is 0 Å². The van der Waals surface area contributed by atoms with E-state index in [0.717, 1.165) is 19.3 Å². The van der Waals surface area contributed by atoms with E-state index in [4.69, 9.17) is 5.73 Å². The van der Waals surface area contributed by atoms with Crippen LogP contribution < -0.4 is 5.73 Å². The van der Waals surface area contributed by atoms with Crippen molar-refractivity contribution < 1.29 is 4.79 Å². The highest BCUT2D eigenvalue weighted by Crippen LogP contribution is 2.24. The molecule has 0 bridgehead atoms. The number of hydrogen-bond donors (Lipinski definition) is 1. The van der Waals surface area contributed by atoms with Gasteiger partial charge in [0.25, 0.3) is 0 Å². The number of carbonyl (C=O) groups excluding carboxylic acids is 1. The second kappa shape index (κ2) is 5.50. The van der Waals surface area contributed by atoms with Crippen molar-refractivity contribution >= 4 is 5.91 Å². The number of hydrogen-bond acceptors (Lipinski definition) is 2. The van der Waals surface area contributed by atoms with Crippen LogP contribution in [0, 0.1) is 5.92 Å². The molecule has 0 radical (unpaired) electrons. The molecular weight excluding hydrogens is 188 g/mol. The summed E-state index contributed by atoms with van der Waals surface area (Å²) in [7, 11) is 0. The first-order valence-corrected chi connectivity index (χ1v) is 6.14. The molecule has 1 saturated heterocycles. The lowest BCUT2D eigenvalue weighted by atomic mass is 9.94. The second-order valence-corrected chi connectivity index (χ2v) is 4.72. The summed E-state index contributed by atoms with van der Waals surface area (Å²) in [4.78, 5) is 14.2. The van der Waals surface area contributed by atoms with Gasteiger partial charge in [0, 0.05) is 24.5 Å². The number of piperidine rings is 1. The third-order valence-electron chi connectivity index (χ3n) is 3.59. The lowest BCUT2D eigenvalue weighted by Crippen LogP contribution is -2.53. The van der Waals surface area contributed by atoms with Crippen molar-refractivity contribution in [3.63, 3.8) is 0 Å². The van der Waals surface area contributed by atoms with Crippen molar-refractivity contribution in [3.05, 3.63) is 0 Å². The number of nitrogens with zero attached hydrogens (tertiary/aromatic N) is 1. The van der Waals surface area contributed by atoms with E-state index in [1.165, 1.54) is 6.42 Å². The van der Waals surface area contributed by atoms with Gasteiger partial charge in [0.2, 0.25) is 5.91 Å². The van der Waals surface area contributed by atoms with Gasteiger partial charge in [-0.05, 0) is 32.6 Å². The molecule has 0 spiro atoms. The first-order valence-electron chi connectivity index (χ1n) is 6.14. The second-order valence-electron chi connectivity index (χ2n) is 4.72. The Hall–Kier alpha value is -0.570. The van der Waals surface area contributed by atoms with E-state index in [0.29, 0.717) is 18.5 Å². The maximum atomic E-state index is 12.2. The van der Waals surface area contributed by atoms with Crippen LogP contribution in [0.1, 0.15) is 46.5 Å². The zero-order valence-corrected chi connectivity index (χ0v) is 10.2. The highest BCUT2D eigenvalue weighted by Gasteiger charge is 2.32. The molecule has 0 aromatic heterocycles. The van der Waals surface area contributed by atoms with E-state index >= 15 is 0 Å². The molecule has 3 heteroatoms. The van der Waals surface area contributed by atoms with Gasteiger partial charge < -0.3 is 10.6 Å². The average Bonchev–Trinajstić information content (AvgIpc) is 2.26. The van der Waals surface area contributed by atoms with Gasteiger partial charge in [0.05, 0.1) is 0 Å². The van der Waals surface area contributed by atoms with E-state index in [-0.39, 0.29) is 12.0 Å². The van der Waals surface area contributed by atoms with Crippen molar-refractivity contribution in [2.45, 2.75) is 58.5 Å². The summed E-state index contributed by atoms with van der Waals surface area (Å²) in [6.45, 7) is 6.82. The first-order chi connectivity index (χ1) is 7.11. The van der Waals surface area contributed by atoms with E-state index < -0.39 is 0 Å². The fourth-order valence-electron chi connectivity index (χ4n) is 2.34.